The summed E-state index contributed by atoms with van der Waals surface area (Å²) in [6, 6.07) is 12.1. The highest BCUT2D eigenvalue weighted by molar-refractivity contribution is 5.92. The van der Waals surface area contributed by atoms with E-state index >= 15 is 0 Å². The minimum atomic E-state index is 0.0189. The van der Waals surface area contributed by atoms with Crippen molar-refractivity contribution in [3.05, 3.63) is 59.4 Å². The van der Waals surface area contributed by atoms with Crippen molar-refractivity contribution >= 4 is 11.6 Å². The fourth-order valence-corrected chi connectivity index (χ4v) is 2.70. The van der Waals surface area contributed by atoms with E-state index in [1.807, 2.05) is 18.0 Å². The second kappa shape index (κ2) is 5.95. The molecule has 4 heteroatoms. The van der Waals surface area contributed by atoms with Crippen LogP contribution in [0.4, 0.5) is 5.69 Å². The molecule has 3 rings (SSSR count). The molecule has 1 amide bonds. The van der Waals surface area contributed by atoms with Gasteiger partial charge in [-0.25, -0.2) is 4.98 Å². The molecule has 2 aromatic rings. The Labute approximate surface area is 124 Å². The van der Waals surface area contributed by atoms with Crippen LogP contribution < -0.4 is 5.32 Å². The molecule has 0 atom stereocenters. The van der Waals surface area contributed by atoms with Crippen LogP contribution in [0.25, 0.3) is 0 Å². The number of carbonyl (C=O) groups is 1. The molecule has 0 aliphatic carbocycles. The molecular weight excluding hydrogens is 262 g/mol. The zero-order chi connectivity index (χ0) is 14.7. The van der Waals surface area contributed by atoms with Crippen molar-refractivity contribution in [1.29, 1.82) is 0 Å². The van der Waals surface area contributed by atoms with Crippen LogP contribution in [0.5, 0.6) is 0 Å². The number of nitrogens with one attached hydrogen (secondary N) is 1. The van der Waals surface area contributed by atoms with Gasteiger partial charge in [0.25, 0.3) is 5.91 Å². The second-order valence-electron chi connectivity index (χ2n) is 5.24. The fraction of sp³-hybridized carbons (Fsp3) is 0.294. The highest BCUT2D eigenvalue weighted by Gasteiger charge is 2.20. The third-order valence-corrected chi connectivity index (χ3v) is 3.98. The summed E-state index contributed by atoms with van der Waals surface area (Å²) in [5, 5.41) is 3.01. The Morgan fingerprint density at radius 1 is 1.10 bits per heavy atom. The molecule has 1 aromatic heterocycles. The predicted molar refractivity (Wildman–Crippen MR) is 83.5 cm³/mol. The lowest BCUT2D eigenvalue weighted by Gasteiger charge is -2.19. The monoisotopic (exact) mass is 281 g/mol. The number of hydrogen-bond acceptors (Lipinski definition) is 3. The molecule has 0 bridgehead atoms. The number of pyridine rings is 1. The Hall–Kier alpha value is -2.36. The molecule has 0 saturated carbocycles. The van der Waals surface area contributed by atoms with Gasteiger partial charge in [-0.2, -0.15) is 0 Å². The van der Waals surface area contributed by atoms with Crippen molar-refractivity contribution < 1.29 is 4.79 Å². The van der Waals surface area contributed by atoms with Gasteiger partial charge < -0.3 is 10.2 Å². The number of fused-ring (bicyclic) bond motifs is 1. The first-order valence-electron chi connectivity index (χ1n) is 7.28. The molecule has 1 aromatic carbocycles. The zero-order valence-corrected chi connectivity index (χ0v) is 12.2. The summed E-state index contributed by atoms with van der Waals surface area (Å²) in [7, 11) is 1.84. The number of hydrogen-bond donors (Lipinski definition) is 1. The van der Waals surface area contributed by atoms with E-state index in [1.165, 1.54) is 11.1 Å². The average molecular weight is 281 g/mol. The van der Waals surface area contributed by atoms with Crippen molar-refractivity contribution in [3.63, 3.8) is 0 Å². The van der Waals surface area contributed by atoms with Gasteiger partial charge in [0.1, 0.15) is 5.69 Å². The minimum absolute atomic E-state index is 0.0189. The first-order valence-corrected chi connectivity index (χ1v) is 7.28. The van der Waals surface area contributed by atoms with Crippen LogP contribution in [0.3, 0.4) is 0 Å². The summed E-state index contributed by atoms with van der Waals surface area (Å²) in [5.74, 6) is 0.0189. The Bertz CT molecular complexity index is 610. The van der Waals surface area contributed by atoms with Crippen molar-refractivity contribution in [3.8, 4) is 0 Å². The summed E-state index contributed by atoms with van der Waals surface area (Å²) in [6.07, 6.45) is 3.52. The Kier molecular flexibility index (Phi) is 3.86. The number of rotatable bonds is 2. The van der Waals surface area contributed by atoms with E-state index in [1.54, 1.807) is 12.3 Å². The van der Waals surface area contributed by atoms with Crippen LogP contribution in [0.15, 0.2) is 42.6 Å². The molecule has 1 aliphatic heterocycles. The maximum Gasteiger partial charge on any atom is 0.272 e. The van der Waals surface area contributed by atoms with E-state index in [4.69, 9.17) is 0 Å². The van der Waals surface area contributed by atoms with Crippen LogP contribution in [-0.4, -0.2) is 35.9 Å². The van der Waals surface area contributed by atoms with Crippen LogP contribution in [0.1, 0.15) is 21.6 Å². The van der Waals surface area contributed by atoms with E-state index in [9.17, 15) is 4.79 Å². The molecule has 1 N–H and O–H groups in total. The maximum absolute atomic E-state index is 12.5. The van der Waals surface area contributed by atoms with Crippen LogP contribution >= 0.6 is 0 Å². The molecule has 1 aliphatic rings. The Balaban J connectivity index is 1.74. The van der Waals surface area contributed by atoms with Gasteiger partial charge >= 0.3 is 0 Å². The van der Waals surface area contributed by atoms with Crippen molar-refractivity contribution in [2.24, 2.45) is 0 Å². The quantitative estimate of drug-likeness (QED) is 0.919. The average Bonchev–Trinajstić information content (AvgIpc) is 2.77. The van der Waals surface area contributed by atoms with Crippen molar-refractivity contribution in [1.82, 2.24) is 9.88 Å². The van der Waals surface area contributed by atoms with Gasteiger partial charge in [0.05, 0.1) is 11.9 Å². The van der Waals surface area contributed by atoms with Crippen molar-refractivity contribution in [2.75, 3.05) is 25.5 Å². The van der Waals surface area contributed by atoms with Crippen LogP contribution in [-0.2, 0) is 12.8 Å². The standard InChI is InChI=1S/C17H19N3O/c1-18-15-6-7-16(19-12-15)17(21)20-10-8-13-4-2-3-5-14(13)9-11-20/h2-7,12,18H,8-11H2,1H3. The van der Waals surface area contributed by atoms with E-state index < -0.39 is 0 Å². The number of aromatic nitrogens is 1. The highest BCUT2D eigenvalue weighted by Crippen LogP contribution is 2.17. The Morgan fingerprint density at radius 2 is 1.76 bits per heavy atom. The minimum Gasteiger partial charge on any atom is -0.387 e. The van der Waals surface area contributed by atoms with E-state index in [-0.39, 0.29) is 5.91 Å². The maximum atomic E-state index is 12.5. The summed E-state index contributed by atoms with van der Waals surface area (Å²) >= 11 is 0. The molecule has 0 saturated heterocycles. The molecular formula is C17H19N3O. The van der Waals surface area contributed by atoms with E-state index in [2.05, 4.69) is 34.6 Å². The van der Waals surface area contributed by atoms with Crippen molar-refractivity contribution in [2.45, 2.75) is 12.8 Å². The van der Waals surface area contributed by atoms with Crippen LogP contribution in [0.2, 0.25) is 0 Å². The zero-order valence-electron chi connectivity index (χ0n) is 12.2. The first-order chi connectivity index (χ1) is 10.3. The smallest absolute Gasteiger partial charge is 0.272 e. The van der Waals surface area contributed by atoms with Gasteiger partial charge in [-0.05, 0) is 36.1 Å². The molecule has 2 heterocycles. The van der Waals surface area contributed by atoms with Gasteiger partial charge in [-0.1, -0.05) is 24.3 Å². The number of carbonyl (C=O) groups excluding carboxylic acids is 1. The van der Waals surface area contributed by atoms with E-state index in [0.29, 0.717) is 5.69 Å². The van der Waals surface area contributed by atoms with Gasteiger partial charge in [0.2, 0.25) is 0 Å². The number of anilines is 1. The lowest BCUT2D eigenvalue weighted by molar-refractivity contribution is 0.0757. The SMILES string of the molecule is CNc1ccc(C(=O)N2CCc3ccccc3CC2)nc1. The largest absolute Gasteiger partial charge is 0.387 e. The number of benzene rings is 1. The lowest BCUT2D eigenvalue weighted by atomic mass is 10.0. The van der Waals surface area contributed by atoms with Crippen LogP contribution in [0, 0.1) is 0 Å². The van der Waals surface area contributed by atoms with E-state index in [0.717, 1.165) is 31.6 Å². The number of amides is 1. The third-order valence-electron chi connectivity index (χ3n) is 3.98. The van der Waals surface area contributed by atoms with Gasteiger partial charge in [-0.15, -0.1) is 0 Å². The van der Waals surface area contributed by atoms with Gasteiger partial charge in [-0.3, -0.25) is 4.79 Å². The molecule has 0 spiro atoms. The van der Waals surface area contributed by atoms with Gasteiger partial charge in [0.15, 0.2) is 0 Å². The highest BCUT2D eigenvalue weighted by atomic mass is 16.2. The molecule has 0 fully saturated rings. The fourth-order valence-electron chi connectivity index (χ4n) is 2.70. The van der Waals surface area contributed by atoms with Gasteiger partial charge in [0, 0.05) is 20.1 Å². The Morgan fingerprint density at radius 3 is 2.29 bits per heavy atom. The number of nitrogens with zero attached hydrogens (tertiary/aromatic N) is 2. The summed E-state index contributed by atoms with van der Waals surface area (Å²) in [4.78, 5) is 18.7. The summed E-state index contributed by atoms with van der Waals surface area (Å²) < 4.78 is 0. The topological polar surface area (TPSA) is 45.2 Å². The third kappa shape index (κ3) is 2.89. The summed E-state index contributed by atoms with van der Waals surface area (Å²) in [5.41, 5.74) is 4.13. The normalized spacial score (nSPS) is 14.2. The summed E-state index contributed by atoms with van der Waals surface area (Å²) in [6.45, 7) is 1.51. The second-order valence-corrected chi connectivity index (χ2v) is 5.24. The molecule has 4 nitrogen and oxygen atoms in total. The first kappa shape index (κ1) is 13.6. The lowest BCUT2D eigenvalue weighted by Crippen LogP contribution is -2.33. The molecule has 0 unspecified atom stereocenters. The molecule has 0 radical (unpaired) electrons. The molecule has 108 valence electrons. The predicted octanol–water partition coefficient (Wildman–Crippen LogP) is 2.36. The molecule has 21 heavy (non-hydrogen) atoms.